The molecule has 0 saturated carbocycles. The van der Waals surface area contributed by atoms with Crippen molar-refractivity contribution in [3.63, 3.8) is 0 Å². The van der Waals surface area contributed by atoms with E-state index >= 15 is 0 Å². The summed E-state index contributed by atoms with van der Waals surface area (Å²) >= 11 is 3.50. The molecule has 0 aromatic heterocycles. The predicted octanol–water partition coefficient (Wildman–Crippen LogP) is 2.44. The van der Waals surface area contributed by atoms with Gasteiger partial charge in [-0.3, -0.25) is 4.79 Å². The van der Waals surface area contributed by atoms with Crippen LogP contribution in [0.1, 0.15) is 12.0 Å². The number of halogens is 1. The highest BCUT2D eigenvalue weighted by atomic mass is 79.9. The lowest BCUT2D eigenvalue weighted by molar-refractivity contribution is -0.134. The summed E-state index contributed by atoms with van der Waals surface area (Å²) in [5.74, 6) is 1.60. The lowest BCUT2D eigenvalue weighted by Crippen LogP contribution is -2.40. The summed E-state index contributed by atoms with van der Waals surface area (Å²) in [6, 6.07) is 3.79. The second kappa shape index (κ2) is 6.49. The summed E-state index contributed by atoms with van der Waals surface area (Å²) in [5.41, 5.74) is 0.967. The van der Waals surface area contributed by atoms with E-state index < -0.39 is 0 Å². The van der Waals surface area contributed by atoms with Crippen molar-refractivity contribution < 1.29 is 19.0 Å². The van der Waals surface area contributed by atoms with Crippen LogP contribution >= 0.6 is 15.9 Å². The fraction of sp³-hybridized carbons (Fsp3) is 0.400. The molecule has 21 heavy (non-hydrogen) atoms. The van der Waals surface area contributed by atoms with Gasteiger partial charge in [0.2, 0.25) is 12.7 Å². The Bertz CT molecular complexity index is 567. The Morgan fingerprint density at radius 2 is 1.95 bits per heavy atom. The minimum absolute atomic E-state index is 0.131. The molecule has 0 unspecified atom stereocenters. The summed E-state index contributed by atoms with van der Waals surface area (Å²) in [4.78, 5) is 13.9. The zero-order chi connectivity index (χ0) is 14.7. The summed E-state index contributed by atoms with van der Waals surface area (Å²) in [5, 5.41) is 0. The quantitative estimate of drug-likeness (QED) is 0.837. The van der Waals surface area contributed by atoms with Gasteiger partial charge in [-0.2, -0.15) is 0 Å². The van der Waals surface area contributed by atoms with Crippen molar-refractivity contribution in [2.24, 2.45) is 0 Å². The molecule has 2 heterocycles. The monoisotopic (exact) mass is 353 g/mol. The number of hydrogen-bond acceptors (Lipinski definition) is 4. The minimum atomic E-state index is 0.131. The molecule has 2 aliphatic rings. The lowest BCUT2D eigenvalue weighted by atomic mass is 10.1. The van der Waals surface area contributed by atoms with Gasteiger partial charge in [-0.05, 0) is 17.7 Å². The smallest absolute Gasteiger partial charge is 0.231 e. The average molecular weight is 354 g/mol. The van der Waals surface area contributed by atoms with Crippen LogP contribution in [0.2, 0.25) is 0 Å². The van der Waals surface area contributed by atoms with Crippen LogP contribution in [-0.2, 0) is 9.53 Å². The van der Waals surface area contributed by atoms with Crippen LogP contribution in [0.5, 0.6) is 11.5 Å². The van der Waals surface area contributed by atoms with Crippen molar-refractivity contribution in [1.82, 2.24) is 4.90 Å². The largest absolute Gasteiger partial charge is 0.454 e. The third-order valence-corrected chi connectivity index (χ3v) is 4.13. The van der Waals surface area contributed by atoms with Gasteiger partial charge in [0.15, 0.2) is 11.5 Å². The molecule has 0 atom stereocenters. The van der Waals surface area contributed by atoms with Gasteiger partial charge < -0.3 is 19.1 Å². The molecule has 6 heteroatoms. The number of rotatable bonds is 3. The number of morpholine rings is 1. The van der Waals surface area contributed by atoms with E-state index in [4.69, 9.17) is 14.2 Å². The van der Waals surface area contributed by atoms with Crippen LogP contribution < -0.4 is 9.47 Å². The summed E-state index contributed by atoms with van der Waals surface area (Å²) < 4.78 is 16.8. The van der Waals surface area contributed by atoms with Gasteiger partial charge in [0.1, 0.15) is 0 Å². The first-order valence-electron chi connectivity index (χ1n) is 6.85. The van der Waals surface area contributed by atoms with Gasteiger partial charge in [-0.1, -0.05) is 28.1 Å². The molecule has 0 radical (unpaired) electrons. The maximum absolute atomic E-state index is 12.0. The number of ether oxygens (including phenoxy) is 3. The Balaban J connectivity index is 1.62. The fourth-order valence-electron chi connectivity index (χ4n) is 2.29. The standard InChI is InChI=1S/C15H16BrNO4/c16-12-9-14-13(20-10-21-14)8-11(12)2-1-3-15(18)17-4-6-19-7-5-17/h1-2,8-9H,3-7,10H2/b2-1+. The van der Waals surface area contributed by atoms with Gasteiger partial charge in [-0.25, -0.2) is 0 Å². The Labute approximate surface area is 131 Å². The highest BCUT2D eigenvalue weighted by Gasteiger charge is 2.16. The van der Waals surface area contributed by atoms with Gasteiger partial charge >= 0.3 is 0 Å². The predicted molar refractivity (Wildman–Crippen MR) is 81.3 cm³/mol. The molecular weight excluding hydrogens is 338 g/mol. The third-order valence-electron chi connectivity index (χ3n) is 3.45. The Hall–Kier alpha value is -1.53. The molecule has 1 aromatic rings. The highest BCUT2D eigenvalue weighted by Crippen LogP contribution is 2.37. The molecule has 2 aliphatic heterocycles. The van der Waals surface area contributed by atoms with Crippen molar-refractivity contribution in [3.8, 4) is 11.5 Å². The lowest BCUT2D eigenvalue weighted by Gasteiger charge is -2.26. The maximum atomic E-state index is 12.0. The maximum Gasteiger partial charge on any atom is 0.231 e. The zero-order valence-corrected chi connectivity index (χ0v) is 13.1. The van der Waals surface area contributed by atoms with Crippen LogP contribution in [-0.4, -0.2) is 43.9 Å². The molecule has 0 spiro atoms. The van der Waals surface area contributed by atoms with Gasteiger partial charge in [-0.15, -0.1) is 0 Å². The summed E-state index contributed by atoms with van der Waals surface area (Å²) in [7, 11) is 0. The topological polar surface area (TPSA) is 48.0 Å². The number of nitrogens with zero attached hydrogens (tertiary/aromatic N) is 1. The Morgan fingerprint density at radius 3 is 2.71 bits per heavy atom. The highest BCUT2D eigenvalue weighted by molar-refractivity contribution is 9.10. The van der Waals surface area contributed by atoms with E-state index in [0.717, 1.165) is 21.5 Å². The van der Waals surface area contributed by atoms with E-state index in [0.29, 0.717) is 32.7 Å². The number of carbonyl (C=O) groups excluding carboxylic acids is 1. The number of fused-ring (bicyclic) bond motifs is 1. The molecular formula is C15H16BrNO4. The Morgan fingerprint density at radius 1 is 1.24 bits per heavy atom. The molecule has 1 aromatic carbocycles. The number of benzene rings is 1. The fourth-order valence-corrected chi connectivity index (χ4v) is 2.74. The first-order chi connectivity index (χ1) is 10.2. The second-order valence-electron chi connectivity index (χ2n) is 4.83. The molecule has 112 valence electrons. The van der Waals surface area contributed by atoms with E-state index in [2.05, 4.69) is 15.9 Å². The van der Waals surface area contributed by atoms with E-state index in [1.165, 1.54) is 0 Å². The molecule has 1 fully saturated rings. The molecule has 0 aliphatic carbocycles. The average Bonchev–Trinajstić information content (AvgIpc) is 2.95. The van der Waals surface area contributed by atoms with Crippen molar-refractivity contribution in [3.05, 3.63) is 28.2 Å². The van der Waals surface area contributed by atoms with Crippen molar-refractivity contribution in [1.29, 1.82) is 0 Å². The number of amides is 1. The molecule has 1 amide bonds. The van der Waals surface area contributed by atoms with Crippen LogP contribution in [0.25, 0.3) is 6.08 Å². The van der Waals surface area contributed by atoms with E-state index in [9.17, 15) is 4.79 Å². The van der Waals surface area contributed by atoms with Crippen molar-refractivity contribution in [2.75, 3.05) is 33.1 Å². The number of carbonyl (C=O) groups is 1. The Kier molecular flexibility index (Phi) is 4.45. The molecule has 0 bridgehead atoms. The molecule has 1 saturated heterocycles. The normalized spacial score (nSPS) is 17.5. The van der Waals surface area contributed by atoms with Gasteiger partial charge in [0.25, 0.3) is 0 Å². The third kappa shape index (κ3) is 3.39. The molecule has 0 N–H and O–H groups in total. The first-order valence-corrected chi connectivity index (χ1v) is 7.64. The summed E-state index contributed by atoms with van der Waals surface area (Å²) in [6.45, 7) is 2.87. The molecule has 5 nitrogen and oxygen atoms in total. The van der Waals surface area contributed by atoms with Crippen LogP contribution in [0.3, 0.4) is 0 Å². The van der Waals surface area contributed by atoms with E-state index in [1.807, 2.05) is 29.2 Å². The van der Waals surface area contributed by atoms with Crippen molar-refractivity contribution in [2.45, 2.75) is 6.42 Å². The van der Waals surface area contributed by atoms with Gasteiger partial charge in [0.05, 0.1) is 13.2 Å². The van der Waals surface area contributed by atoms with Crippen LogP contribution in [0.15, 0.2) is 22.7 Å². The second-order valence-corrected chi connectivity index (χ2v) is 5.68. The van der Waals surface area contributed by atoms with Gasteiger partial charge in [0, 0.05) is 24.0 Å². The zero-order valence-electron chi connectivity index (χ0n) is 11.5. The first kappa shape index (κ1) is 14.4. The minimum Gasteiger partial charge on any atom is -0.454 e. The van der Waals surface area contributed by atoms with Crippen LogP contribution in [0, 0.1) is 0 Å². The molecule has 3 rings (SSSR count). The van der Waals surface area contributed by atoms with E-state index in [-0.39, 0.29) is 12.7 Å². The van der Waals surface area contributed by atoms with Crippen LogP contribution in [0.4, 0.5) is 0 Å². The SMILES string of the molecule is O=C(C/C=C/c1cc2c(cc1Br)OCO2)N1CCOCC1. The van der Waals surface area contributed by atoms with E-state index in [1.54, 1.807) is 0 Å². The van der Waals surface area contributed by atoms with Crippen molar-refractivity contribution >= 4 is 27.9 Å². The summed E-state index contributed by atoms with van der Waals surface area (Å²) in [6.07, 6.45) is 4.19. The number of hydrogen-bond donors (Lipinski definition) is 0.